The van der Waals surface area contributed by atoms with Gasteiger partial charge < -0.3 is 4.90 Å². The van der Waals surface area contributed by atoms with E-state index in [9.17, 15) is 0 Å². The van der Waals surface area contributed by atoms with Gasteiger partial charge in [0.15, 0.2) is 0 Å². The molecule has 3 rings (SSSR count). The molecule has 0 bridgehead atoms. The highest BCUT2D eigenvalue weighted by Gasteiger charge is 2.25. The van der Waals surface area contributed by atoms with Crippen molar-refractivity contribution in [1.82, 2.24) is 4.98 Å². The lowest BCUT2D eigenvalue weighted by molar-refractivity contribution is 0.391. The predicted molar refractivity (Wildman–Crippen MR) is 77.4 cm³/mol. The fraction of sp³-hybridized carbons (Fsp3) is 0.400. The minimum absolute atomic E-state index is 0.662. The van der Waals surface area contributed by atoms with Crippen LogP contribution in [0.1, 0.15) is 19.3 Å². The van der Waals surface area contributed by atoms with Gasteiger partial charge in [-0.05, 0) is 31.4 Å². The third-order valence-electron chi connectivity index (χ3n) is 3.78. The fourth-order valence-electron chi connectivity index (χ4n) is 2.62. The quantitative estimate of drug-likeness (QED) is 0.777. The van der Waals surface area contributed by atoms with Gasteiger partial charge in [0.05, 0.1) is 5.52 Å². The maximum Gasteiger partial charge on any atom is 0.0722 e. The van der Waals surface area contributed by atoms with E-state index in [-0.39, 0.29) is 0 Å². The van der Waals surface area contributed by atoms with Gasteiger partial charge in [0.25, 0.3) is 0 Å². The Morgan fingerprint density at radius 2 is 2.06 bits per heavy atom. The van der Waals surface area contributed by atoms with Crippen LogP contribution in [0.5, 0.6) is 0 Å². The summed E-state index contributed by atoms with van der Waals surface area (Å²) in [6.07, 6.45) is 5.81. The number of pyridine rings is 1. The zero-order valence-electron chi connectivity index (χ0n) is 10.3. The van der Waals surface area contributed by atoms with E-state index in [1.807, 2.05) is 12.3 Å². The number of rotatable bonds is 4. The minimum atomic E-state index is 0.662. The van der Waals surface area contributed by atoms with Crippen molar-refractivity contribution in [3.8, 4) is 0 Å². The second-order valence-electron chi connectivity index (χ2n) is 4.81. The Morgan fingerprint density at radius 3 is 2.78 bits per heavy atom. The van der Waals surface area contributed by atoms with E-state index >= 15 is 0 Å². The first kappa shape index (κ1) is 11.8. The first-order valence-corrected chi connectivity index (χ1v) is 7.10. The minimum Gasteiger partial charge on any atom is -0.367 e. The number of aromatic nitrogens is 1. The molecule has 0 unspecified atom stereocenters. The molecule has 1 fully saturated rings. The van der Waals surface area contributed by atoms with Crippen molar-refractivity contribution in [2.75, 3.05) is 17.3 Å². The normalized spacial score (nSPS) is 15.6. The largest absolute Gasteiger partial charge is 0.367 e. The molecule has 1 aliphatic rings. The maximum absolute atomic E-state index is 5.97. The van der Waals surface area contributed by atoms with Crippen LogP contribution in [0.2, 0.25) is 0 Å². The average Bonchev–Trinajstić information content (AvgIpc) is 2.35. The van der Waals surface area contributed by atoms with Crippen molar-refractivity contribution in [3.05, 3.63) is 36.5 Å². The van der Waals surface area contributed by atoms with Crippen molar-refractivity contribution < 1.29 is 0 Å². The molecule has 2 nitrogen and oxygen atoms in total. The smallest absolute Gasteiger partial charge is 0.0722 e. The Morgan fingerprint density at radius 1 is 1.22 bits per heavy atom. The first-order chi connectivity index (χ1) is 8.90. The molecule has 1 aromatic heterocycles. The number of hydrogen-bond acceptors (Lipinski definition) is 2. The summed E-state index contributed by atoms with van der Waals surface area (Å²) in [5.74, 6) is 0.674. The zero-order valence-corrected chi connectivity index (χ0v) is 11.1. The summed E-state index contributed by atoms with van der Waals surface area (Å²) in [6.45, 7) is 0.917. The summed E-state index contributed by atoms with van der Waals surface area (Å²) in [4.78, 5) is 6.89. The molecule has 3 heteroatoms. The first-order valence-electron chi connectivity index (χ1n) is 6.56. The van der Waals surface area contributed by atoms with Crippen LogP contribution in [0.15, 0.2) is 36.5 Å². The molecule has 0 atom stereocenters. The molecule has 0 saturated heterocycles. The number of nitrogens with zero attached hydrogens (tertiary/aromatic N) is 2. The van der Waals surface area contributed by atoms with E-state index in [0.29, 0.717) is 11.9 Å². The molecule has 1 saturated carbocycles. The fourth-order valence-corrected chi connectivity index (χ4v) is 2.80. The second kappa shape index (κ2) is 5.15. The molecule has 18 heavy (non-hydrogen) atoms. The van der Waals surface area contributed by atoms with Crippen LogP contribution in [-0.2, 0) is 0 Å². The molecule has 94 valence electrons. The third kappa shape index (κ3) is 2.05. The molecule has 1 aliphatic carbocycles. The average molecular weight is 261 g/mol. The van der Waals surface area contributed by atoms with E-state index in [0.717, 1.165) is 12.1 Å². The van der Waals surface area contributed by atoms with Crippen LogP contribution in [0.4, 0.5) is 5.69 Å². The highest BCUT2D eigenvalue weighted by molar-refractivity contribution is 6.18. The van der Waals surface area contributed by atoms with Crippen molar-refractivity contribution in [1.29, 1.82) is 0 Å². The standard InChI is InChI=1S/C15H17ClN2/c16-9-11-18(12-4-3-5-12)15-8-10-17-14-7-2-1-6-13(14)15/h1-2,6-8,10,12H,3-5,9,11H2. The summed E-state index contributed by atoms with van der Waals surface area (Å²) in [5, 5.41) is 1.23. The van der Waals surface area contributed by atoms with Gasteiger partial charge in [-0.2, -0.15) is 0 Å². The van der Waals surface area contributed by atoms with Gasteiger partial charge in [0.1, 0.15) is 0 Å². The van der Waals surface area contributed by atoms with Crippen LogP contribution in [0, 0.1) is 0 Å². The van der Waals surface area contributed by atoms with Crippen molar-refractivity contribution >= 4 is 28.2 Å². The SMILES string of the molecule is ClCCN(c1ccnc2ccccc12)C1CCC1. The Labute approximate surface area is 113 Å². The number of para-hydroxylation sites is 1. The van der Waals surface area contributed by atoms with Crippen LogP contribution in [-0.4, -0.2) is 23.5 Å². The Bertz CT molecular complexity index is 532. The van der Waals surface area contributed by atoms with Gasteiger partial charge in [-0.25, -0.2) is 0 Å². The van der Waals surface area contributed by atoms with Crippen LogP contribution < -0.4 is 4.90 Å². The summed E-state index contributed by atoms with van der Waals surface area (Å²) in [6, 6.07) is 11.1. The number of anilines is 1. The predicted octanol–water partition coefficient (Wildman–Crippen LogP) is 3.83. The molecule has 1 heterocycles. The Kier molecular flexibility index (Phi) is 3.37. The van der Waals surface area contributed by atoms with Gasteiger partial charge >= 0.3 is 0 Å². The maximum atomic E-state index is 5.97. The van der Waals surface area contributed by atoms with Gasteiger partial charge in [-0.1, -0.05) is 18.2 Å². The lowest BCUT2D eigenvalue weighted by atomic mass is 9.91. The van der Waals surface area contributed by atoms with Gasteiger partial charge in [-0.15, -0.1) is 11.6 Å². The van der Waals surface area contributed by atoms with Crippen LogP contribution >= 0.6 is 11.6 Å². The molecule has 0 N–H and O–H groups in total. The number of fused-ring (bicyclic) bond motifs is 1. The van der Waals surface area contributed by atoms with E-state index in [4.69, 9.17) is 11.6 Å². The van der Waals surface area contributed by atoms with Crippen molar-refractivity contribution in [2.24, 2.45) is 0 Å². The van der Waals surface area contributed by atoms with E-state index in [1.165, 1.54) is 30.3 Å². The molecule has 0 spiro atoms. The molecule has 1 aromatic carbocycles. The molecule has 2 aromatic rings. The molecule has 0 amide bonds. The number of halogens is 1. The Hall–Kier alpha value is -1.28. The summed E-state index contributed by atoms with van der Waals surface area (Å²) in [5.41, 5.74) is 2.35. The third-order valence-corrected chi connectivity index (χ3v) is 3.95. The molecular formula is C15H17ClN2. The second-order valence-corrected chi connectivity index (χ2v) is 5.19. The van der Waals surface area contributed by atoms with E-state index < -0.39 is 0 Å². The number of hydrogen-bond donors (Lipinski definition) is 0. The Balaban J connectivity index is 2.04. The van der Waals surface area contributed by atoms with Gasteiger partial charge in [0.2, 0.25) is 0 Å². The van der Waals surface area contributed by atoms with Crippen LogP contribution in [0.25, 0.3) is 10.9 Å². The van der Waals surface area contributed by atoms with Gasteiger partial charge in [-0.3, -0.25) is 4.98 Å². The summed E-state index contributed by atoms with van der Waals surface area (Å²) < 4.78 is 0. The highest BCUT2D eigenvalue weighted by atomic mass is 35.5. The van der Waals surface area contributed by atoms with Crippen molar-refractivity contribution in [3.63, 3.8) is 0 Å². The van der Waals surface area contributed by atoms with E-state index in [1.54, 1.807) is 0 Å². The van der Waals surface area contributed by atoms with Crippen molar-refractivity contribution in [2.45, 2.75) is 25.3 Å². The monoisotopic (exact) mass is 260 g/mol. The summed E-state index contributed by atoms with van der Waals surface area (Å²) >= 11 is 5.97. The molecular weight excluding hydrogens is 244 g/mol. The van der Waals surface area contributed by atoms with Crippen LogP contribution in [0.3, 0.4) is 0 Å². The molecule has 0 radical (unpaired) electrons. The number of alkyl halides is 1. The van der Waals surface area contributed by atoms with Gasteiger partial charge in [0, 0.05) is 35.7 Å². The van der Waals surface area contributed by atoms with E-state index in [2.05, 4.69) is 34.1 Å². The zero-order chi connectivity index (χ0) is 12.4. The molecule has 0 aliphatic heterocycles. The topological polar surface area (TPSA) is 16.1 Å². The number of benzene rings is 1. The lowest BCUT2D eigenvalue weighted by Crippen LogP contribution is -2.41. The highest BCUT2D eigenvalue weighted by Crippen LogP contribution is 2.33. The lowest BCUT2D eigenvalue weighted by Gasteiger charge is -2.39. The summed E-state index contributed by atoms with van der Waals surface area (Å²) in [7, 11) is 0.